The number of Topliss-reactive ketones (excluding diaryl/α,β-unsaturated/α-hetero) is 1. The minimum Gasteiger partial charge on any atom is -0.454 e. The molecule has 0 radical (unpaired) electrons. The van der Waals surface area contributed by atoms with Crippen LogP contribution in [-0.2, 0) is 16.0 Å². The first-order valence-corrected chi connectivity index (χ1v) is 8.83. The molecule has 134 valence electrons. The van der Waals surface area contributed by atoms with Crippen molar-refractivity contribution in [1.29, 1.82) is 0 Å². The van der Waals surface area contributed by atoms with E-state index in [0.717, 1.165) is 11.4 Å². The Hall–Kier alpha value is -1.63. The molecule has 1 aromatic carbocycles. The number of methoxy groups -OCH3 is 1. The van der Waals surface area contributed by atoms with Gasteiger partial charge in [-0.1, -0.05) is 27.5 Å². The maximum Gasteiger partial charge on any atom is 0.340 e. The van der Waals surface area contributed by atoms with Crippen molar-refractivity contribution in [2.24, 2.45) is 0 Å². The molecule has 0 bridgehead atoms. The molecule has 7 heteroatoms. The molecule has 2 rings (SSSR count). The number of halogens is 2. The highest BCUT2D eigenvalue weighted by atomic mass is 79.9. The van der Waals surface area contributed by atoms with Crippen molar-refractivity contribution in [3.63, 3.8) is 0 Å². The van der Waals surface area contributed by atoms with Crippen molar-refractivity contribution in [3.8, 4) is 0 Å². The van der Waals surface area contributed by atoms with E-state index in [0.29, 0.717) is 23.2 Å². The van der Waals surface area contributed by atoms with E-state index in [2.05, 4.69) is 15.9 Å². The number of hydrogen-bond donors (Lipinski definition) is 0. The van der Waals surface area contributed by atoms with Gasteiger partial charge in [0.2, 0.25) is 5.78 Å². The molecule has 25 heavy (non-hydrogen) atoms. The Kier molecular flexibility index (Phi) is 6.81. The number of aryl methyl sites for hydroxylation is 1. The summed E-state index contributed by atoms with van der Waals surface area (Å²) < 4.78 is 12.9. The average Bonchev–Trinajstić information content (AvgIpc) is 2.87. The maximum absolute atomic E-state index is 12.4. The monoisotopic (exact) mass is 427 g/mol. The van der Waals surface area contributed by atoms with Gasteiger partial charge in [-0.15, -0.1) is 0 Å². The molecule has 0 spiro atoms. The minimum atomic E-state index is -0.632. The summed E-state index contributed by atoms with van der Waals surface area (Å²) in [4.78, 5) is 24.6. The van der Waals surface area contributed by atoms with Crippen molar-refractivity contribution in [3.05, 3.63) is 56.3 Å². The van der Waals surface area contributed by atoms with E-state index >= 15 is 0 Å². The van der Waals surface area contributed by atoms with Crippen LogP contribution in [-0.4, -0.2) is 36.6 Å². The van der Waals surface area contributed by atoms with Crippen LogP contribution in [0.25, 0.3) is 0 Å². The molecule has 0 N–H and O–H groups in total. The average molecular weight is 429 g/mol. The summed E-state index contributed by atoms with van der Waals surface area (Å²) in [6, 6.07) is 6.67. The van der Waals surface area contributed by atoms with E-state index in [9.17, 15) is 9.59 Å². The molecule has 0 saturated heterocycles. The van der Waals surface area contributed by atoms with Crippen molar-refractivity contribution < 1.29 is 19.1 Å². The quantitative estimate of drug-likeness (QED) is 0.490. The van der Waals surface area contributed by atoms with Gasteiger partial charge in [0.15, 0.2) is 6.61 Å². The minimum absolute atomic E-state index is 0.217. The molecule has 0 aliphatic rings. The van der Waals surface area contributed by atoms with Crippen LogP contribution in [0.15, 0.2) is 28.7 Å². The zero-order chi connectivity index (χ0) is 18.6. The lowest BCUT2D eigenvalue weighted by molar-refractivity contribution is 0.0474. The van der Waals surface area contributed by atoms with Gasteiger partial charge in [-0.3, -0.25) is 4.79 Å². The van der Waals surface area contributed by atoms with E-state index in [-0.39, 0.29) is 23.0 Å². The number of carbonyl (C=O) groups excluding carboxylic acids is 2. The van der Waals surface area contributed by atoms with Crippen molar-refractivity contribution in [2.45, 2.75) is 20.4 Å². The van der Waals surface area contributed by atoms with Gasteiger partial charge in [0.25, 0.3) is 0 Å². The molecule has 0 atom stereocenters. The Morgan fingerprint density at radius 2 is 1.92 bits per heavy atom. The van der Waals surface area contributed by atoms with Crippen LogP contribution in [0.2, 0.25) is 5.02 Å². The fourth-order valence-electron chi connectivity index (χ4n) is 2.55. The van der Waals surface area contributed by atoms with Crippen LogP contribution >= 0.6 is 27.5 Å². The second kappa shape index (κ2) is 8.65. The molecule has 1 aromatic heterocycles. The number of nitrogens with zero attached hydrogens (tertiary/aromatic N) is 1. The van der Waals surface area contributed by atoms with E-state index in [1.54, 1.807) is 31.4 Å². The molecule has 5 nitrogen and oxygen atoms in total. The van der Waals surface area contributed by atoms with Crippen LogP contribution in [0, 0.1) is 13.8 Å². The molecule has 0 aliphatic carbocycles. The largest absolute Gasteiger partial charge is 0.454 e. The third-order valence-corrected chi connectivity index (χ3v) is 4.70. The summed E-state index contributed by atoms with van der Waals surface area (Å²) >= 11 is 9.28. The predicted octanol–water partition coefficient (Wildman–Crippen LogP) is 4.21. The second-order valence-corrected chi connectivity index (χ2v) is 6.88. The molecule has 0 saturated carbocycles. The first-order valence-electron chi connectivity index (χ1n) is 7.66. The zero-order valence-corrected chi connectivity index (χ0v) is 16.6. The topological polar surface area (TPSA) is 57.5 Å². The summed E-state index contributed by atoms with van der Waals surface area (Å²) in [6.45, 7) is 4.67. The summed E-state index contributed by atoms with van der Waals surface area (Å²) in [5, 5.41) is 0.276. The second-order valence-electron chi connectivity index (χ2n) is 5.55. The van der Waals surface area contributed by atoms with E-state index in [4.69, 9.17) is 21.1 Å². The van der Waals surface area contributed by atoms with Gasteiger partial charge in [-0.05, 0) is 38.1 Å². The number of aromatic nitrogens is 1. The van der Waals surface area contributed by atoms with Crippen LogP contribution < -0.4 is 0 Å². The maximum atomic E-state index is 12.4. The smallest absolute Gasteiger partial charge is 0.340 e. The number of ether oxygens (including phenoxy) is 2. The van der Waals surface area contributed by atoms with Crippen molar-refractivity contribution in [2.75, 3.05) is 20.3 Å². The van der Waals surface area contributed by atoms with Crippen LogP contribution in [0.5, 0.6) is 0 Å². The summed E-state index contributed by atoms with van der Waals surface area (Å²) in [7, 11) is 1.63. The highest BCUT2D eigenvalue weighted by molar-refractivity contribution is 9.10. The van der Waals surface area contributed by atoms with E-state index in [1.807, 2.05) is 18.4 Å². The first-order chi connectivity index (χ1) is 11.8. The summed E-state index contributed by atoms with van der Waals surface area (Å²) in [5.74, 6) is -0.885. The fraction of sp³-hybridized carbons (Fsp3) is 0.333. The lowest BCUT2D eigenvalue weighted by atomic mass is 10.1. The van der Waals surface area contributed by atoms with Gasteiger partial charge in [0.05, 0.1) is 17.2 Å². The molecular weight excluding hydrogens is 410 g/mol. The van der Waals surface area contributed by atoms with Crippen LogP contribution in [0.3, 0.4) is 0 Å². The molecule has 2 aromatic rings. The number of carbonyl (C=O) groups is 2. The SMILES string of the molecule is COCCn1c(C)cc(C(=O)COC(=O)c2cc(Br)ccc2Cl)c1C. The normalized spacial score (nSPS) is 10.8. The van der Waals surface area contributed by atoms with Gasteiger partial charge in [-0.2, -0.15) is 0 Å². The molecule has 0 fully saturated rings. The predicted molar refractivity (Wildman–Crippen MR) is 99.5 cm³/mol. The first kappa shape index (κ1) is 19.7. The Morgan fingerprint density at radius 3 is 2.60 bits per heavy atom. The number of esters is 1. The summed E-state index contributed by atoms with van der Waals surface area (Å²) in [5.41, 5.74) is 2.55. The Labute approximate surface area is 160 Å². The lowest BCUT2D eigenvalue weighted by Gasteiger charge is -2.09. The highest BCUT2D eigenvalue weighted by Gasteiger charge is 2.19. The van der Waals surface area contributed by atoms with Gasteiger partial charge >= 0.3 is 5.97 Å². The van der Waals surface area contributed by atoms with Gasteiger partial charge in [-0.25, -0.2) is 4.79 Å². The van der Waals surface area contributed by atoms with E-state index < -0.39 is 5.97 Å². The Bertz CT molecular complexity index is 801. The molecule has 1 heterocycles. The lowest BCUT2D eigenvalue weighted by Crippen LogP contribution is -2.15. The van der Waals surface area contributed by atoms with E-state index in [1.165, 1.54) is 0 Å². The third kappa shape index (κ3) is 4.71. The molecule has 0 aliphatic heterocycles. The molecular formula is C18H19BrClNO4. The third-order valence-electron chi connectivity index (χ3n) is 3.88. The molecule has 0 unspecified atom stereocenters. The van der Waals surface area contributed by atoms with Gasteiger partial charge in [0.1, 0.15) is 0 Å². The van der Waals surface area contributed by atoms with Gasteiger partial charge < -0.3 is 14.0 Å². The number of rotatable bonds is 7. The van der Waals surface area contributed by atoms with Crippen molar-refractivity contribution in [1.82, 2.24) is 4.57 Å². The number of hydrogen-bond acceptors (Lipinski definition) is 4. The Balaban J connectivity index is 2.07. The zero-order valence-electron chi connectivity index (χ0n) is 14.3. The standard InChI is InChI=1S/C18H19BrClNO4/c1-11-8-14(12(2)21(11)6-7-24-3)17(22)10-25-18(23)15-9-13(19)4-5-16(15)20/h4-5,8-9H,6-7,10H2,1-3H3. The van der Waals surface area contributed by atoms with Crippen LogP contribution in [0.4, 0.5) is 0 Å². The van der Waals surface area contributed by atoms with Crippen molar-refractivity contribution >= 4 is 39.3 Å². The fourth-order valence-corrected chi connectivity index (χ4v) is 3.11. The highest BCUT2D eigenvalue weighted by Crippen LogP contribution is 2.22. The molecule has 0 amide bonds. The van der Waals surface area contributed by atoms with Gasteiger partial charge in [0, 0.05) is 35.1 Å². The number of ketones is 1. The number of benzene rings is 1. The van der Waals surface area contributed by atoms with Crippen LogP contribution in [0.1, 0.15) is 32.1 Å². The Morgan fingerprint density at radius 1 is 1.20 bits per heavy atom. The summed E-state index contributed by atoms with van der Waals surface area (Å²) in [6.07, 6.45) is 0.